The number of esters is 1. The van der Waals surface area contributed by atoms with Gasteiger partial charge in [-0.2, -0.15) is 0 Å². The van der Waals surface area contributed by atoms with E-state index in [4.69, 9.17) is 14.2 Å². The number of hydrogen-bond acceptors (Lipinski definition) is 6. The van der Waals surface area contributed by atoms with E-state index >= 15 is 0 Å². The summed E-state index contributed by atoms with van der Waals surface area (Å²) in [4.78, 5) is 12.1. The number of sulfone groups is 1. The van der Waals surface area contributed by atoms with Crippen LogP contribution in [0, 0.1) is 6.92 Å². The Hall–Kier alpha value is -2.54. The maximum Gasteiger partial charge on any atom is 0.312 e. The molecule has 0 bridgehead atoms. The molecular formula is C17H16O6S. The minimum absolute atomic E-state index is 0.127. The van der Waals surface area contributed by atoms with Gasteiger partial charge in [-0.15, -0.1) is 0 Å². The maximum absolute atomic E-state index is 12.2. The van der Waals surface area contributed by atoms with Gasteiger partial charge in [0.05, 0.1) is 17.1 Å². The Morgan fingerprint density at radius 1 is 1.08 bits per heavy atom. The normalized spacial score (nSPS) is 12.9. The number of aryl methyl sites for hydroxylation is 1. The average Bonchev–Trinajstić information content (AvgIpc) is 3.01. The highest BCUT2D eigenvalue weighted by Gasteiger charge is 2.19. The van der Waals surface area contributed by atoms with Crippen LogP contribution in [0.1, 0.15) is 12.0 Å². The molecule has 0 saturated heterocycles. The first-order valence-electron chi connectivity index (χ1n) is 7.34. The summed E-state index contributed by atoms with van der Waals surface area (Å²) in [5, 5.41) is 0. The van der Waals surface area contributed by atoms with Gasteiger partial charge in [0.15, 0.2) is 21.3 Å². The van der Waals surface area contributed by atoms with Crippen LogP contribution < -0.4 is 14.2 Å². The highest BCUT2D eigenvalue weighted by Crippen LogP contribution is 2.35. The Morgan fingerprint density at radius 3 is 2.54 bits per heavy atom. The largest absolute Gasteiger partial charge is 0.454 e. The van der Waals surface area contributed by atoms with E-state index in [0.29, 0.717) is 11.5 Å². The molecule has 6 nitrogen and oxygen atoms in total. The molecule has 0 aromatic heterocycles. The zero-order chi connectivity index (χ0) is 17.2. The molecule has 0 unspecified atom stereocenters. The molecule has 1 aliphatic rings. The van der Waals surface area contributed by atoms with Crippen LogP contribution in [0.3, 0.4) is 0 Å². The Balaban J connectivity index is 1.60. The quantitative estimate of drug-likeness (QED) is 0.610. The highest BCUT2D eigenvalue weighted by atomic mass is 32.2. The fourth-order valence-corrected chi connectivity index (χ4v) is 3.43. The van der Waals surface area contributed by atoms with E-state index in [2.05, 4.69) is 0 Å². The molecule has 0 saturated carbocycles. The van der Waals surface area contributed by atoms with Gasteiger partial charge in [0.25, 0.3) is 0 Å². The van der Waals surface area contributed by atoms with Gasteiger partial charge in [-0.25, -0.2) is 8.42 Å². The molecule has 1 aliphatic heterocycles. The second-order valence-electron chi connectivity index (χ2n) is 5.37. The number of carbonyl (C=O) groups excluding carboxylic acids is 1. The van der Waals surface area contributed by atoms with E-state index in [-0.39, 0.29) is 29.6 Å². The molecule has 2 aromatic carbocycles. The lowest BCUT2D eigenvalue weighted by atomic mass is 10.2. The number of hydrogen-bond donors (Lipinski definition) is 0. The molecule has 0 N–H and O–H groups in total. The molecule has 1 heterocycles. The Bertz CT molecular complexity index is 855. The third-order valence-electron chi connectivity index (χ3n) is 3.53. The van der Waals surface area contributed by atoms with Crippen molar-refractivity contribution in [3.63, 3.8) is 0 Å². The number of benzene rings is 2. The number of carbonyl (C=O) groups is 1. The van der Waals surface area contributed by atoms with E-state index in [1.807, 2.05) is 6.92 Å². The lowest BCUT2D eigenvalue weighted by Gasteiger charge is -2.06. The first-order chi connectivity index (χ1) is 11.4. The molecule has 0 fully saturated rings. The molecule has 2 aromatic rings. The topological polar surface area (TPSA) is 78.9 Å². The minimum Gasteiger partial charge on any atom is -0.454 e. The average molecular weight is 348 g/mol. The molecule has 24 heavy (non-hydrogen) atoms. The van der Waals surface area contributed by atoms with Gasteiger partial charge < -0.3 is 14.2 Å². The monoisotopic (exact) mass is 348 g/mol. The van der Waals surface area contributed by atoms with Gasteiger partial charge in [0.1, 0.15) is 5.75 Å². The van der Waals surface area contributed by atoms with E-state index in [9.17, 15) is 13.2 Å². The summed E-state index contributed by atoms with van der Waals surface area (Å²) in [6.07, 6.45) is -0.231. The van der Waals surface area contributed by atoms with Crippen LogP contribution in [0.15, 0.2) is 47.4 Å². The van der Waals surface area contributed by atoms with Crippen molar-refractivity contribution in [3.8, 4) is 17.2 Å². The minimum atomic E-state index is -3.52. The standard InChI is InChI=1S/C17H16O6S/c1-12-2-5-14(6-3-12)24(19,20)9-8-17(18)23-13-4-7-15-16(10-13)22-11-21-15/h2-7,10H,8-9,11H2,1H3. The molecule has 126 valence electrons. The van der Waals surface area contributed by atoms with Gasteiger partial charge in [-0.1, -0.05) is 17.7 Å². The van der Waals surface area contributed by atoms with Gasteiger partial charge in [0.2, 0.25) is 6.79 Å². The summed E-state index contributed by atoms with van der Waals surface area (Å²) in [5.41, 5.74) is 0.969. The summed E-state index contributed by atoms with van der Waals surface area (Å²) < 4.78 is 39.9. The lowest BCUT2D eigenvalue weighted by molar-refractivity contribution is -0.133. The fraction of sp³-hybridized carbons (Fsp3) is 0.235. The summed E-state index contributed by atoms with van der Waals surface area (Å²) in [7, 11) is -3.52. The van der Waals surface area contributed by atoms with Crippen molar-refractivity contribution < 1.29 is 27.4 Å². The van der Waals surface area contributed by atoms with Crippen molar-refractivity contribution in [1.82, 2.24) is 0 Å². The molecule has 3 rings (SSSR count). The first-order valence-corrected chi connectivity index (χ1v) is 8.99. The zero-order valence-corrected chi connectivity index (χ0v) is 13.8. The van der Waals surface area contributed by atoms with Crippen LogP contribution >= 0.6 is 0 Å². The van der Waals surface area contributed by atoms with Crippen LogP contribution in [0.2, 0.25) is 0 Å². The summed E-state index contributed by atoms with van der Waals surface area (Å²) in [6.45, 7) is 2.00. The summed E-state index contributed by atoms with van der Waals surface area (Å²) in [6, 6.07) is 11.2. The van der Waals surface area contributed by atoms with E-state index in [0.717, 1.165) is 5.56 Å². The second-order valence-corrected chi connectivity index (χ2v) is 7.48. The van der Waals surface area contributed by atoms with Crippen molar-refractivity contribution in [3.05, 3.63) is 48.0 Å². The number of rotatable bonds is 5. The van der Waals surface area contributed by atoms with Crippen LogP contribution in [-0.2, 0) is 14.6 Å². The van der Waals surface area contributed by atoms with Crippen molar-refractivity contribution in [2.24, 2.45) is 0 Å². The second kappa shape index (κ2) is 6.52. The molecule has 0 aliphatic carbocycles. The van der Waals surface area contributed by atoms with Crippen LogP contribution in [-0.4, -0.2) is 26.9 Å². The van der Waals surface area contributed by atoms with Gasteiger partial charge >= 0.3 is 5.97 Å². The molecule has 0 spiro atoms. The van der Waals surface area contributed by atoms with Crippen LogP contribution in [0.5, 0.6) is 17.2 Å². The highest BCUT2D eigenvalue weighted by molar-refractivity contribution is 7.91. The smallest absolute Gasteiger partial charge is 0.312 e. The molecule has 0 radical (unpaired) electrons. The zero-order valence-electron chi connectivity index (χ0n) is 13.0. The van der Waals surface area contributed by atoms with Gasteiger partial charge in [-0.05, 0) is 31.2 Å². The van der Waals surface area contributed by atoms with Crippen LogP contribution in [0.25, 0.3) is 0 Å². The van der Waals surface area contributed by atoms with Crippen molar-refractivity contribution in [2.75, 3.05) is 12.5 Å². The summed E-state index contributed by atoms with van der Waals surface area (Å²) in [5.74, 6) is 0.435. The van der Waals surface area contributed by atoms with Crippen molar-refractivity contribution in [2.45, 2.75) is 18.2 Å². The van der Waals surface area contributed by atoms with Crippen LogP contribution in [0.4, 0.5) is 0 Å². The molecule has 0 atom stereocenters. The maximum atomic E-state index is 12.2. The number of ether oxygens (including phenoxy) is 3. The lowest BCUT2D eigenvalue weighted by Crippen LogP contribution is -2.15. The summed E-state index contributed by atoms with van der Waals surface area (Å²) >= 11 is 0. The Labute approximate surface area is 139 Å². The van der Waals surface area contributed by atoms with Gasteiger partial charge in [0, 0.05) is 6.07 Å². The number of fused-ring (bicyclic) bond motifs is 1. The first kappa shape index (κ1) is 16.3. The van der Waals surface area contributed by atoms with Crippen molar-refractivity contribution in [1.29, 1.82) is 0 Å². The predicted molar refractivity (Wildman–Crippen MR) is 86.0 cm³/mol. The van der Waals surface area contributed by atoms with Crippen molar-refractivity contribution >= 4 is 15.8 Å². The fourth-order valence-electron chi connectivity index (χ4n) is 2.20. The predicted octanol–water partition coefficient (Wildman–Crippen LogP) is 2.49. The molecule has 7 heteroatoms. The van der Waals surface area contributed by atoms with E-state index in [1.54, 1.807) is 24.3 Å². The Kier molecular flexibility index (Phi) is 4.44. The third kappa shape index (κ3) is 3.68. The van der Waals surface area contributed by atoms with Gasteiger partial charge in [-0.3, -0.25) is 4.79 Å². The molecular weight excluding hydrogens is 332 g/mol. The SMILES string of the molecule is Cc1ccc(S(=O)(=O)CCC(=O)Oc2ccc3c(c2)OCO3)cc1. The van der Waals surface area contributed by atoms with E-state index < -0.39 is 15.8 Å². The third-order valence-corrected chi connectivity index (χ3v) is 5.26. The van der Waals surface area contributed by atoms with E-state index in [1.165, 1.54) is 18.2 Å². The molecule has 0 amide bonds. The Morgan fingerprint density at radius 2 is 1.79 bits per heavy atom.